The first-order chi connectivity index (χ1) is 10.3. The Hall–Kier alpha value is -2.27. The number of carboxylic acids is 1. The molecule has 2 aromatic rings. The molecule has 0 spiro atoms. The van der Waals surface area contributed by atoms with Gasteiger partial charge in [-0.25, -0.2) is 4.79 Å². The van der Waals surface area contributed by atoms with Crippen molar-refractivity contribution >= 4 is 23.6 Å². The molecular weight excluding hydrogens is 317 g/mol. The standard InChI is InChI=1S/C16H10ClF3O2/c17-13-6-7-14(11(9-13)3-8-15(21)22)10-1-4-12(5-2-10)16(18,19)20/h1-9H,(H,21,22)/b8-3+. The lowest BCUT2D eigenvalue weighted by atomic mass is 9.98. The van der Waals surface area contributed by atoms with Gasteiger partial charge in [-0.1, -0.05) is 29.8 Å². The number of hydrogen-bond acceptors (Lipinski definition) is 1. The molecule has 1 N–H and O–H groups in total. The van der Waals surface area contributed by atoms with Gasteiger partial charge in [-0.3, -0.25) is 0 Å². The third-order valence-electron chi connectivity index (χ3n) is 2.94. The van der Waals surface area contributed by atoms with Gasteiger partial charge in [-0.15, -0.1) is 0 Å². The Morgan fingerprint density at radius 2 is 1.73 bits per heavy atom. The molecule has 0 radical (unpaired) electrons. The number of carboxylic acid groups (broad SMARTS) is 1. The lowest BCUT2D eigenvalue weighted by Gasteiger charge is -2.10. The summed E-state index contributed by atoms with van der Waals surface area (Å²) in [6, 6.07) is 9.41. The molecule has 0 saturated carbocycles. The Labute approximate surface area is 129 Å². The summed E-state index contributed by atoms with van der Waals surface area (Å²) in [5.74, 6) is -1.13. The molecule has 6 heteroatoms. The van der Waals surface area contributed by atoms with Gasteiger partial charge in [0, 0.05) is 11.1 Å². The predicted octanol–water partition coefficient (Wildman–Crippen LogP) is 5.12. The van der Waals surface area contributed by atoms with Crippen LogP contribution in [0.4, 0.5) is 13.2 Å². The number of halogens is 4. The van der Waals surface area contributed by atoms with E-state index in [2.05, 4.69) is 0 Å². The van der Waals surface area contributed by atoms with Crippen LogP contribution >= 0.6 is 11.6 Å². The number of carbonyl (C=O) groups is 1. The minimum Gasteiger partial charge on any atom is -0.478 e. The summed E-state index contributed by atoms with van der Waals surface area (Å²) in [5.41, 5.74) is 0.896. The second-order valence-corrected chi connectivity index (χ2v) is 4.91. The average Bonchev–Trinajstić information content (AvgIpc) is 2.44. The van der Waals surface area contributed by atoms with Gasteiger partial charge in [0.15, 0.2) is 0 Å². The Morgan fingerprint density at radius 1 is 1.09 bits per heavy atom. The number of hydrogen-bond donors (Lipinski definition) is 1. The lowest BCUT2D eigenvalue weighted by molar-refractivity contribution is -0.137. The summed E-state index contributed by atoms with van der Waals surface area (Å²) in [6.45, 7) is 0. The Balaban J connectivity index is 2.46. The van der Waals surface area contributed by atoms with Gasteiger partial charge in [0.1, 0.15) is 0 Å². The molecule has 2 nitrogen and oxygen atoms in total. The summed E-state index contributed by atoms with van der Waals surface area (Å²) in [4.78, 5) is 10.6. The van der Waals surface area contributed by atoms with Crippen molar-refractivity contribution in [2.75, 3.05) is 0 Å². The van der Waals surface area contributed by atoms with Crippen molar-refractivity contribution in [1.29, 1.82) is 0 Å². The van der Waals surface area contributed by atoms with E-state index < -0.39 is 17.7 Å². The summed E-state index contributed by atoms with van der Waals surface area (Å²) >= 11 is 5.87. The molecule has 0 fully saturated rings. The van der Waals surface area contributed by atoms with Crippen LogP contribution in [-0.2, 0) is 11.0 Å². The molecule has 2 aromatic carbocycles. The van der Waals surface area contributed by atoms with E-state index in [-0.39, 0.29) is 0 Å². The van der Waals surface area contributed by atoms with Crippen LogP contribution in [0.2, 0.25) is 5.02 Å². The SMILES string of the molecule is O=C(O)/C=C/c1cc(Cl)ccc1-c1ccc(C(F)(F)F)cc1. The van der Waals surface area contributed by atoms with Crippen LogP contribution in [0, 0.1) is 0 Å². The summed E-state index contributed by atoms with van der Waals surface area (Å²) in [5, 5.41) is 9.09. The Kier molecular flexibility index (Phi) is 4.56. The highest BCUT2D eigenvalue weighted by Gasteiger charge is 2.30. The van der Waals surface area contributed by atoms with Crippen molar-refractivity contribution in [3.05, 3.63) is 64.7 Å². The van der Waals surface area contributed by atoms with Crippen LogP contribution in [0.5, 0.6) is 0 Å². The molecule has 0 heterocycles. The topological polar surface area (TPSA) is 37.3 Å². The normalized spacial score (nSPS) is 11.8. The van der Waals surface area contributed by atoms with E-state index in [1.54, 1.807) is 18.2 Å². The predicted molar refractivity (Wildman–Crippen MR) is 78.6 cm³/mol. The van der Waals surface area contributed by atoms with Crippen LogP contribution in [0.25, 0.3) is 17.2 Å². The van der Waals surface area contributed by atoms with E-state index in [4.69, 9.17) is 16.7 Å². The first-order valence-corrected chi connectivity index (χ1v) is 6.53. The average molecular weight is 327 g/mol. The second-order valence-electron chi connectivity index (χ2n) is 4.48. The van der Waals surface area contributed by atoms with Gasteiger partial charge in [-0.05, 0) is 47.0 Å². The number of aliphatic carboxylic acids is 1. The van der Waals surface area contributed by atoms with E-state index in [0.29, 0.717) is 21.7 Å². The largest absolute Gasteiger partial charge is 0.478 e. The first kappa shape index (κ1) is 16.1. The van der Waals surface area contributed by atoms with Gasteiger partial charge < -0.3 is 5.11 Å². The third kappa shape index (κ3) is 3.89. The van der Waals surface area contributed by atoms with E-state index in [1.165, 1.54) is 18.2 Å². The molecule has 0 aliphatic carbocycles. The number of benzene rings is 2. The molecule has 0 aromatic heterocycles. The maximum atomic E-state index is 12.6. The molecule has 22 heavy (non-hydrogen) atoms. The summed E-state index contributed by atoms with van der Waals surface area (Å²) in [7, 11) is 0. The molecule has 0 unspecified atom stereocenters. The highest BCUT2D eigenvalue weighted by molar-refractivity contribution is 6.30. The lowest BCUT2D eigenvalue weighted by Crippen LogP contribution is -2.04. The van der Waals surface area contributed by atoms with Crippen molar-refractivity contribution < 1.29 is 23.1 Å². The van der Waals surface area contributed by atoms with Crippen LogP contribution in [0.1, 0.15) is 11.1 Å². The maximum absolute atomic E-state index is 12.6. The fourth-order valence-corrected chi connectivity index (χ4v) is 2.11. The van der Waals surface area contributed by atoms with Crippen LogP contribution < -0.4 is 0 Å². The molecule has 0 amide bonds. The van der Waals surface area contributed by atoms with Gasteiger partial charge in [0.05, 0.1) is 5.56 Å². The third-order valence-corrected chi connectivity index (χ3v) is 3.18. The minimum absolute atomic E-state index is 0.403. The van der Waals surface area contributed by atoms with Gasteiger partial charge in [-0.2, -0.15) is 13.2 Å². The maximum Gasteiger partial charge on any atom is 0.416 e. The highest BCUT2D eigenvalue weighted by atomic mass is 35.5. The zero-order valence-electron chi connectivity index (χ0n) is 11.1. The number of rotatable bonds is 3. The summed E-state index contributed by atoms with van der Waals surface area (Å²) in [6.07, 6.45) is -2.11. The zero-order valence-corrected chi connectivity index (χ0v) is 11.8. The van der Waals surface area contributed by atoms with Gasteiger partial charge in [0.2, 0.25) is 0 Å². The molecule has 0 bridgehead atoms. The van der Waals surface area contributed by atoms with Crippen LogP contribution in [0.3, 0.4) is 0 Å². The zero-order chi connectivity index (χ0) is 16.3. The van der Waals surface area contributed by atoms with E-state index in [9.17, 15) is 18.0 Å². The fraction of sp³-hybridized carbons (Fsp3) is 0.0625. The highest BCUT2D eigenvalue weighted by Crippen LogP contribution is 2.32. The second kappa shape index (κ2) is 6.23. The molecule has 0 aliphatic heterocycles. The smallest absolute Gasteiger partial charge is 0.416 e. The van der Waals surface area contributed by atoms with Crippen molar-refractivity contribution in [2.24, 2.45) is 0 Å². The monoisotopic (exact) mass is 326 g/mol. The van der Waals surface area contributed by atoms with E-state index in [0.717, 1.165) is 18.2 Å². The molecule has 0 atom stereocenters. The van der Waals surface area contributed by atoms with Crippen molar-refractivity contribution in [3.63, 3.8) is 0 Å². The molecule has 0 aliphatic rings. The van der Waals surface area contributed by atoms with Crippen molar-refractivity contribution in [3.8, 4) is 11.1 Å². The minimum atomic E-state index is -4.40. The summed E-state index contributed by atoms with van der Waals surface area (Å²) < 4.78 is 37.7. The Bertz CT molecular complexity index is 719. The van der Waals surface area contributed by atoms with Crippen molar-refractivity contribution in [2.45, 2.75) is 6.18 Å². The molecule has 0 saturated heterocycles. The van der Waals surface area contributed by atoms with Gasteiger partial charge >= 0.3 is 12.1 Å². The van der Waals surface area contributed by atoms with E-state index >= 15 is 0 Å². The van der Waals surface area contributed by atoms with Crippen molar-refractivity contribution in [1.82, 2.24) is 0 Å². The van der Waals surface area contributed by atoms with Gasteiger partial charge in [0.25, 0.3) is 0 Å². The van der Waals surface area contributed by atoms with E-state index in [1.807, 2.05) is 0 Å². The fourth-order valence-electron chi connectivity index (χ4n) is 1.93. The Morgan fingerprint density at radius 3 is 2.27 bits per heavy atom. The molecule has 114 valence electrons. The quantitative estimate of drug-likeness (QED) is 0.794. The van der Waals surface area contributed by atoms with Crippen LogP contribution in [0.15, 0.2) is 48.5 Å². The molecule has 2 rings (SSSR count). The number of alkyl halides is 3. The first-order valence-electron chi connectivity index (χ1n) is 6.15. The van der Waals surface area contributed by atoms with Crippen LogP contribution in [-0.4, -0.2) is 11.1 Å². The molecular formula is C16H10ClF3O2.